The molecule has 2 aliphatic carbocycles. The lowest BCUT2D eigenvalue weighted by molar-refractivity contribution is -0.192. The van der Waals surface area contributed by atoms with Gasteiger partial charge in [0.15, 0.2) is 0 Å². The molecule has 2 saturated heterocycles. The van der Waals surface area contributed by atoms with Gasteiger partial charge in [-0.15, -0.1) is 0 Å². The van der Waals surface area contributed by atoms with Crippen molar-refractivity contribution in [1.29, 1.82) is 0 Å². The molecule has 2 aromatic rings. The minimum Gasteiger partial charge on any atom is -0.475 e. The molecule has 4 atom stereocenters. The molecule has 8 nitrogen and oxygen atoms in total. The van der Waals surface area contributed by atoms with E-state index < -0.39 is 17.6 Å². The zero-order valence-electron chi connectivity index (χ0n) is 33.2. The standard InChI is InChI=1S/C43H60N4O2.C2HF3O2/c1-3-43(4-2,41(48)44-31-17-13-29(14-18-31)25-27-46-37-21-22-38(46)34-10-6-5-9-33(34)37)42(49)45-32-19-15-30(16-20-32)26-28-47-39-23-24-40(47)36-12-8-7-11-35(36)39;3-2(4,5)1(6)7/h5-12,29-32,37-40H,3-4,13-28H2,1-2H3,(H,44,48)(H,45,49);(H,6,7)/t29?,30?,31?,32?,37-,38+,39-,40?;/m1./s1. The first-order valence-corrected chi connectivity index (χ1v) is 21.5. The van der Waals surface area contributed by atoms with Gasteiger partial charge >= 0.3 is 12.1 Å². The van der Waals surface area contributed by atoms with Crippen LogP contribution in [0.2, 0.25) is 0 Å². The maximum Gasteiger partial charge on any atom is 0.490 e. The first kappa shape index (κ1) is 40.7. The summed E-state index contributed by atoms with van der Waals surface area (Å²) < 4.78 is 31.7. The number of nitrogens with zero attached hydrogens (tertiary/aromatic N) is 2. The van der Waals surface area contributed by atoms with Crippen molar-refractivity contribution in [1.82, 2.24) is 20.4 Å². The Morgan fingerprint density at radius 1 is 0.589 bits per heavy atom. The van der Waals surface area contributed by atoms with Crippen molar-refractivity contribution in [2.45, 2.75) is 159 Å². The van der Waals surface area contributed by atoms with Crippen LogP contribution in [0.15, 0.2) is 48.5 Å². The number of hydrogen-bond donors (Lipinski definition) is 3. The molecular formula is C45H61F3N4O4. The van der Waals surface area contributed by atoms with Crippen molar-refractivity contribution in [3.05, 3.63) is 70.8 Å². The summed E-state index contributed by atoms with van der Waals surface area (Å²) in [5.41, 5.74) is 5.32. The lowest BCUT2D eigenvalue weighted by atomic mass is 9.78. The molecule has 4 aliphatic heterocycles. The number of hydrogen-bond acceptors (Lipinski definition) is 5. The number of halogens is 3. The quantitative estimate of drug-likeness (QED) is 0.186. The predicted octanol–water partition coefficient (Wildman–Crippen LogP) is 9.34. The fraction of sp³-hybridized carbons (Fsp3) is 0.667. The van der Waals surface area contributed by atoms with Crippen LogP contribution in [0, 0.1) is 17.3 Å². The van der Waals surface area contributed by atoms with Gasteiger partial charge in [-0.2, -0.15) is 13.2 Å². The van der Waals surface area contributed by atoms with Gasteiger partial charge in [0, 0.05) is 36.3 Å². The van der Waals surface area contributed by atoms with Crippen molar-refractivity contribution in [3.63, 3.8) is 0 Å². The van der Waals surface area contributed by atoms with Gasteiger partial charge in [0.2, 0.25) is 11.8 Å². The number of carbonyl (C=O) groups is 3. The van der Waals surface area contributed by atoms with Crippen molar-refractivity contribution in [2.75, 3.05) is 13.1 Å². The monoisotopic (exact) mass is 778 g/mol. The minimum absolute atomic E-state index is 0.0419. The van der Waals surface area contributed by atoms with Gasteiger partial charge in [0.25, 0.3) is 0 Å². The van der Waals surface area contributed by atoms with Crippen LogP contribution in [0.5, 0.6) is 0 Å². The van der Waals surface area contributed by atoms with Crippen molar-refractivity contribution in [3.8, 4) is 0 Å². The summed E-state index contributed by atoms with van der Waals surface area (Å²) in [7, 11) is 0. The van der Waals surface area contributed by atoms with E-state index in [9.17, 15) is 22.8 Å². The third kappa shape index (κ3) is 8.27. The number of carboxylic acids is 1. The predicted molar refractivity (Wildman–Crippen MR) is 209 cm³/mol. The maximum absolute atomic E-state index is 13.9. The fourth-order valence-corrected chi connectivity index (χ4v) is 11.4. The summed E-state index contributed by atoms with van der Waals surface area (Å²) >= 11 is 0. The van der Waals surface area contributed by atoms with Crippen LogP contribution in [-0.2, 0) is 14.4 Å². The largest absolute Gasteiger partial charge is 0.490 e. The normalized spacial score (nSPS) is 29.6. The van der Waals surface area contributed by atoms with Gasteiger partial charge < -0.3 is 15.7 Å². The van der Waals surface area contributed by atoms with Gasteiger partial charge in [0.1, 0.15) is 5.41 Å². The molecule has 11 heteroatoms. The number of aliphatic carboxylic acids is 1. The third-order valence-electron chi connectivity index (χ3n) is 14.7. The smallest absolute Gasteiger partial charge is 0.475 e. The highest BCUT2D eigenvalue weighted by atomic mass is 19.4. The molecule has 2 amide bonds. The van der Waals surface area contributed by atoms with E-state index in [1.165, 1.54) is 77.3 Å². The van der Waals surface area contributed by atoms with E-state index in [4.69, 9.17) is 9.90 Å². The second-order valence-electron chi connectivity index (χ2n) is 17.5. The van der Waals surface area contributed by atoms with E-state index in [0.29, 0.717) is 37.0 Å². The second-order valence-corrected chi connectivity index (χ2v) is 17.5. The topological polar surface area (TPSA) is 102 Å². The molecule has 0 aromatic heterocycles. The second kappa shape index (κ2) is 17.2. The number of amides is 2. The summed E-state index contributed by atoms with van der Waals surface area (Å²) in [6, 6.07) is 21.1. The Morgan fingerprint density at radius 2 is 0.893 bits per heavy atom. The van der Waals surface area contributed by atoms with Gasteiger partial charge in [-0.1, -0.05) is 62.4 Å². The average molecular weight is 779 g/mol. The number of nitrogens with one attached hydrogen (secondary N) is 2. The van der Waals surface area contributed by atoms with E-state index in [2.05, 4.69) is 69.0 Å². The summed E-state index contributed by atoms with van der Waals surface area (Å²) in [6.07, 6.45) is 12.6. The molecule has 4 bridgehead atoms. The average Bonchev–Trinajstić information content (AvgIpc) is 3.96. The summed E-state index contributed by atoms with van der Waals surface area (Å²) in [4.78, 5) is 42.2. The number of carbonyl (C=O) groups excluding carboxylic acids is 2. The highest BCUT2D eigenvalue weighted by molar-refractivity contribution is 6.05. The van der Waals surface area contributed by atoms with Crippen LogP contribution in [0.1, 0.15) is 163 Å². The van der Waals surface area contributed by atoms with E-state index in [-0.39, 0.29) is 23.9 Å². The van der Waals surface area contributed by atoms with Crippen LogP contribution >= 0.6 is 0 Å². The van der Waals surface area contributed by atoms with Crippen molar-refractivity contribution in [2.24, 2.45) is 17.3 Å². The van der Waals surface area contributed by atoms with E-state index in [1.54, 1.807) is 22.3 Å². The number of rotatable bonds is 12. The van der Waals surface area contributed by atoms with E-state index in [0.717, 1.165) is 37.5 Å². The van der Waals surface area contributed by atoms with Gasteiger partial charge in [-0.25, -0.2) is 4.79 Å². The first-order valence-electron chi connectivity index (χ1n) is 21.5. The highest BCUT2D eigenvalue weighted by Gasteiger charge is 2.46. The third-order valence-corrected chi connectivity index (χ3v) is 14.7. The Hall–Kier alpha value is -3.44. The van der Waals surface area contributed by atoms with Gasteiger partial charge in [-0.3, -0.25) is 19.4 Å². The van der Waals surface area contributed by atoms with E-state index in [1.807, 2.05) is 13.8 Å². The number of benzene rings is 2. The van der Waals surface area contributed by atoms with Crippen molar-refractivity contribution >= 4 is 17.8 Å². The highest BCUT2D eigenvalue weighted by Crippen LogP contribution is 2.54. The zero-order chi connectivity index (χ0) is 39.6. The van der Waals surface area contributed by atoms with E-state index >= 15 is 0 Å². The van der Waals surface area contributed by atoms with Crippen LogP contribution < -0.4 is 10.6 Å². The molecule has 8 rings (SSSR count). The van der Waals surface area contributed by atoms with Crippen LogP contribution in [0.25, 0.3) is 0 Å². The Morgan fingerprint density at radius 3 is 1.16 bits per heavy atom. The van der Waals surface area contributed by atoms with Gasteiger partial charge in [-0.05, 0) is 150 Å². The molecule has 0 radical (unpaired) electrons. The van der Waals surface area contributed by atoms with Crippen LogP contribution in [0.4, 0.5) is 13.2 Å². The molecule has 0 spiro atoms. The molecule has 6 aliphatic rings. The maximum atomic E-state index is 13.9. The molecule has 3 N–H and O–H groups in total. The molecule has 4 heterocycles. The molecular weight excluding hydrogens is 718 g/mol. The number of alkyl halides is 3. The lowest BCUT2D eigenvalue weighted by Gasteiger charge is -2.36. The SMILES string of the molecule is CCC(CC)(C(=O)NC1CCC(CCN2C3CC[C@@H]2c2ccccc23)CC1)C(=O)NC1CCC(CCN2[C@@H]3CC[C@H]2c2ccccc23)CC1.O=C(O)C(F)(F)F. The number of fused-ring (bicyclic) bond motifs is 10. The van der Waals surface area contributed by atoms with Crippen LogP contribution in [0.3, 0.4) is 0 Å². The molecule has 1 unspecified atom stereocenters. The Balaban J connectivity index is 0.000000629. The lowest BCUT2D eigenvalue weighted by Crippen LogP contribution is -2.55. The molecule has 2 aromatic carbocycles. The summed E-state index contributed by atoms with van der Waals surface area (Å²) in [5, 5.41) is 13.9. The molecule has 4 fully saturated rings. The first-order chi connectivity index (χ1) is 26.9. The zero-order valence-corrected chi connectivity index (χ0v) is 33.2. The minimum atomic E-state index is -5.08. The molecule has 56 heavy (non-hydrogen) atoms. The van der Waals surface area contributed by atoms with Crippen LogP contribution in [-0.4, -0.2) is 64.0 Å². The summed E-state index contributed by atoms with van der Waals surface area (Å²) in [6.45, 7) is 6.42. The van der Waals surface area contributed by atoms with Gasteiger partial charge in [0.05, 0.1) is 0 Å². The fourth-order valence-electron chi connectivity index (χ4n) is 11.4. The molecule has 2 saturated carbocycles. The summed E-state index contributed by atoms with van der Waals surface area (Å²) in [5.74, 6) is -1.37. The molecule has 306 valence electrons. The Labute approximate surface area is 330 Å². The van der Waals surface area contributed by atoms with Crippen molar-refractivity contribution < 1.29 is 32.7 Å². The Bertz CT molecular complexity index is 1530. The Kier molecular flexibility index (Phi) is 12.5. The number of carboxylic acid groups (broad SMARTS) is 1.